The second-order valence-corrected chi connectivity index (χ2v) is 4.27. The number of ketones is 1. The fourth-order valence-corrected chi connectivity index (χ4v) is 1.95. The minimum Gasteiger partial charge on any atom is -0.381 e. The van der Waals surface area contributed by atoms with Crippen molar-refractivity contribution in [1.82, 2.24) is 0 Å². The molecule has 15 heavy (non-hydrogen) atoms. The van der Waals surface area contributed by atoms with Gasteiger partial charge in [0.25, 0.3) is 0 Å². The predicted octanol–water partition coefficient (Wildman–Crippen LogP) is 0.645. The largest absolute Gasteiger partial charge is 0.381 e. The van der Waals surface area contributed by atoms with E-state index in [1.807, 2.05) is 0 Å². The van der Waals surface area contributed by atoms with E-state index in [0.717, 1.165) is 26.1 Å². The van der Waals surface area contributed by atoms with E-state index < -0.39 is 0 Å². The van der Waals surface area contributed by atoms with Gasteiger partial charge in [-0.2, -0.15) is 0 Å². The topological polar surface area (TPSA) is 44.8 Å². The standard InChI is InChI=1S/C11H18O4/c12-11(10-2-4-14-7-10)8-15-6-9-1-3-13-5-9/h9-10H,1-8H2. The van der Waals surface area contributed by atoms with Gasteiger partial charge in [-0.1, -0.05) is 0 Å². The molecule has 0 aromatic heterocycles. The molecule has 4 nitrogen and oxygen atoms in total. The summed E-state index contributed by atoms with van der Waals surface area (Å²) in [5.74, 6) is 0.744. The third kappa shape index (κ3) is 3.26. The highest BCUT2D eigenvalue weighted by atomic mass is 16.5. The van der Waals surface area contributed by atoms with Crippen LogP contribution >= 0.6 is 0 Å². The Bertz CT molecular complexity index is 205. The summed E-state index contributed by atoms with van der Waals surface area (Å²) < 4.78 is 15.8. The van der Waals surface area contributed by atoms with Crippen LogP contribution in [-0.2, 0) is 19.0 Å². The van der Waals surface area contributed by atoms with E-state index >= 15 is 0 Å². The van der Waals surface area contributed by atoms with Crippen molar-refractivity contribution in [2.45, 2.75) is 12.8 Å². The zero-order valence-corrected chi connectivity index (χ0v) is 8.94. The maximum Gasteiger partial charge on any atom is 0.163 e. The second-order valence-electron chi connectivity index (χ2n) is 4.27. The molecular formula is C11H18O4. The first-order valence-corrected chi connectivity index (χ1v) is 5.62. The molecule has 0 aromatic carbocycles. The van der Waals surface area contributed by atoms with Crippen LogP contribution in [-0.4, -0.2) is 45.4 Å². The van der Waals surface area contributed by atoms with Gasteiger partial charge in [0, 0.05) is 25.0 Å². The molecule has 2 aliphatic heterocycles. The molecule has 0 N–H and O–H groups in total. The maximum absolute atomic E-state index is 11.6. The highest BCUT2D eigenvalue weighted by molar-refractivity contribution is 5.82. The van der Waals surface area contributed by atoms with Gasteiger partial charge in [-0.3, -0.25) is 4.79 Å². The average Bonchev–Trinajstić information content (AvgIpc) is 2.90. The van der Waals surface area contributed by atoms with Crippen molar-refractivity contribution in [3.05, 3.63) is 0 Å². The van der Waals surface area contributed by atoms with Crippen molar-refractivity contribution in [3.8, 4) is 0 Å². The van der Waals surface area contributed by atoms with Crippen LogP contribution in [0.5, 0.6) is 0 Å². The number of carbonyl (C=O) groups excluding carboxylic acids is 1. The molecule has 0 amide bonds. The van der Waals surface area contributed by atoms with Gasteiger partial charge in [-0.25, -0.2) is 0 Å². The molecule has 2 rings (SSSR count). The van der Waals surface area contributed by atoms with Gasteiger partial charge in [0.1, 0.15) is 6.61 Å². The number of ether oxygens (including phenoxy) is 3. The van der Waals surface area contributed by atoms with E-state index in [9.17, 15) is 4.79 Å². The highest BCUT2D eigenvalue weighted by Crippen LogP contribution is 2.15. The summed E-state index contributed by atoms with van der Waals surface area (Å²) in [5.41, 5.74) is 0. The van der Waals surface area contributed by atoms with Gasteiger partial charge in [-0.05, 0) is 12.8 Å². The Hall–Kier alpha value is -0.450. The summed E-state index contributed by atoms with van der Waals surface area (Å²) in [6, 6.07) is 0. The lowest BCUT2D eigenvalue weighted by Gasteiger charge is -2.10. The maximum atomic E-state index is 11.6. The first-order valence-electron chi connectivity index (χ1n) is 5.62. The molecule has 2 heterocycles. The molecule has 4 heteroatoms. The van der Waals surface area contributed by atoms with Crippen molar-refractivity contribution < 1.29 is 19.0 Å². The van der Waals surface area contributed by atoms with Gasteiger partial charge in [-0.15, -0.1) is 0 Å². The van der Waals surface area contributed by atoms with Crippen LogP contribution in [0.25, 0.3) is 0 Å². The Labute approximate surface area is 89.9 Å². The van der Waals surface area contributed by atoms with Crippen LogP contribution in [0.3, 0.4) is 0 Å². The van der Waals surface area contributed by atoms with Crippen molar-refractivity contribution in [2.75, 3.05) is 39.6 Å². The van der Waals surface area contributed by atoms with Gasteiger partial charge in [0.2, 0.25) is 0 Å². The van der Waals surface area contributed by atoms with Crippen LogP contribution in [0.1, 0.15) is 12.8 Å². The Balaban J connectivity index is 1.58. The van der Waals surface area contributed by atoms with Crippen LogP contribution in [0.2, 0.25) is 0 Å². The summed E-state index contributed by atoms with van der Waals surface area (Å²) in [4.78, 5) is 11.6. The number of hydrogen-bond donors (Lipinski definition) is 0. The number of rotatable bonds is 5. The summed E-state index contributed by atoms with van der Waals surface area (Å²) in [7, 11) is 0. The third-order valence-corrected chi connectivity index (χ3v) is 3.01. The Morgan fingerprint density at radius 2 is 2.00 bits per heavy atom. The molecular weight excluding hydrogens is 196 g/mol. The number of hydrogen-bond acceptors (Lipinski definition) is 4. The molecule has 2 unspecified atom stereocenters. The van der Waals surface area contributed by atoms with Crippen LogP contribution in [0.15, 0.2) is 0 Å². The molecule has 0 saturated carbocycles. The van der Waals surface area contributed by atoms with Gasteiger partial charge in [0.05, 0.1) is 19.8 Å². The summed E-state index contributed by atoms with van der Waals surface area (Å²) in [5, 5.41) is 0. The number of carbonyl (C=O) groups is 1. The quantitative estimate of drug-likeness (QED) is 0.674. The Morgan fingerprint density at radius 3 is 2.67 bits per heavy atom. The van der Waals surface area contributed by atoms with Crippen LogP contribution < -0.4 is 0 Å². The fourth-order valence-electron chi connectivity index (χ4n) is 1.95. The first-order chi connectivity index (χ1) is 7.36. The van der Waals surface area contributed by atoms with E-state index in [1.54, 1.807) is 0 Å². The van der Waals surface area contributed by atoms with Gasteiger partial charge in [0.15, 0.2) is 5.78 Å². The third-order valence-electron chi connectivity index (χ3n) is 3.01. The minimum atomic E-state index is 0.0739. The van der Waals surface area contributed by atoms with Gasteiger partial charge >= 0.3 is 0 Å². The second kappa shape index (κ2) is 5.58. The Morgan fingerprint density at radius 1 is 1.20 bits per heavy atom. The highest BCUT2D eigenvalue weighted by Gasteiger charge is 2.24. The van der Waals surface area contributed by atoms with Crippen LogP contribution in [0.4, 0.5) is 0 Å². The molecule has 86 valence electrons. The monoisotopic (exact) mass is 214 g/mol. The fraction of sp³-hybridized carbons (Fsp3) is 0.909. The molecule has 0 aliphatic carbocycles. The predicted molar refractivity (Wildman–Crippen MR) is 53.7 cm³/mol. The summed E-state index contributed by atoms with van der Waals surface area (Å²) in [6.07, 6.45) is 1.91. The summed E-state index contributed by atoms with van der Waals surface area (Å²) in [6.45, 7) is 3.80. The molecule has 2 atom stereocenters. The van der Waals surface area contributed by atoms with Crippen molar-refractivity contribution in [3.63, 3.8) is 0 Å². The average molecular weight is 214 g/mol. The lowest BCUT2D eigenvalue weighted by Crippen LogP contribution is -2.22. The number of Topliss-reactive ketones (excluding diaryl/α,β-unsaturated/α-hetero) is 1. The SMILES string of the molecule is O=C(COCC1CCOC1)C1CCOC1. The molecule has 0 bridgehead atoms. The van der Waals surface area contributed by atoms with E-state index in [0.29, 0.717) is 25.7 Å². The lowest BCUT2D eigenvalue weighted by molar-refractivity contribution is -0.127. The normalized spacial score (nSPS) is 30.9. The smallest absolute Gasteiger partial charge is 0.163 e. The van der Waals surface area contributed by atoms with E-state index in [2.05, 4.69) is 0 Å². The lowest BCUT2D eigenvalue weighted by atomic mass is 10.0. The molecule has 0 radical (unpaired) electrons. The van der Waals surface area contributed by atoms with Crippen LogP contribution in [0, 0.1) is 11.8 Å². The molecule has 2 aliphatic rings. The summed E-state index contributed by atoms with van der Waals surface area (Å²) >= 11 is 0. The first kappa shape index (κ1) is 11.0. The van der Waals surface area contributed by atoms with Crippen molar-refractivity contribution >= 4 is 5.78 Å². The molecule has 2 saturated heterocycles. The Kier molecular flexibility index (Phi) is 4.11. The van der Waals surface area contributed by atoms with Crippen molar-refractivity contribution in [1.29, 1.82) is 0 Å². The van der Waals surface area contributed by atoms with Gasteiger partial charge < -0.3 is 14.2 Å². The molecule has 0 spiro atoms. The molecule has 0 aromatic rings. The van der Waals surface area contributed by atoms with E-state index in [1.165, 1.54) is 0 Å². The zero-order chi connectivity index (χ0) is 10.5. The zero-order valence-electron chi connectivity index (χ0n) is 8.94. The minimum absolute atomic E-state index is 0.0739. The van der Waals surface area contributed by atoms with E-state index in [-0.39, 0.29) is 18.3 Å². The van der Waals surface area contributed by atoms with Crippen molar-refractivity contribution in [2.24, 2.45) is 11.8 Å². The molecule has 2 fully saturated rings. The van der Waals surface area contributed by atoms with E-state index in [4.69, 9.17) is 14.2 Å².